The summed E-state index contributed by atoms with van der Waals surface area (Å²) in [6.45, 7) is 2.51. The highest BCUT2D eigenvalue weighted by Crippen LogP contribution is 2.20. The van der Waals surface area contributed by atoms with Crippen LogP contribution >= 0.6 is 11.3 Å². The predicted molar refractivity (Wildman–Crippen MR) is 81.6 cm³/mol. The molecular formula is C13H18N2O3S2. The number of rotatable bonds is 5. The van der Waals surface area contributed by atoms with E-state index in [4.69, 9.17) is 5.73 Å². The first kappa shape index (κ1) is 16.7. The monoisotopic (exact) mass is 314 g/mol. The fourth-order valence-electron chi connectivity index (χ4n) is 1.47. The Labute approximate surface area is 123 Å². The second-order valence-corrected chi connectivity index (χ2v) is 7.68. The van der Waals surface area contributed by atoms with Crippen LogP contribution in [0, 0.1) is 18.8 Å². The topological polar surface area (TPSA) is 89.3 Å². The molecule has 0 aliphatic rings. The van der Waals surface area contributed by atoms with E-state index in [1.54, 1.807) is 6.07 Å². The number of hydrogen-bond donors (Lipinski definition) is 2. The molecule has 1 aromatic rings. The van der Waals surface area contributed by atoms with Crippen molar-refractivity contribution in [3.63, 3.8) is 0 Å². The summed E-state index contributed by atoms with van der Waals surface area (Å²) in [5.74, 6) is 5.55. The molecule has 0 spiro atoms. The molecule has 5 nitrogen and oxygen atoms in total. The van der Waals surface area contributed by atoms with Crippen LogP contribution in [0.5, 0.6) is 0 Å². The van der Waals surface area contributed by atoms with Crippen molar-refractivity contribution in [3.05, 3.63) is 21.4 Å². The van der Waals surface area contributed by atoms with E-state index in [0.717, 1.165) is 10.4 Å². The first-order valence-electron chi connectivity index (χ1n) is 6.09. The van der Waals surface area contributed by atoms with Gasteiger partial charge in [0, 0.05) is 12.8 Å². The number of nitrogens with two attached hydrogens (primary N) is 1. The maximum atomic E-state index is 11.9. The zero-order valence-corrected chi connectivity index (χ0v) is 13.2. The molecule has 0 fully saturated rings. The highest BCUT2D eigenvalue weighted by atomic mass is 32.2. The molecule has 20 heavy (non-hydrogen) atoms. The number of carbonyl (C=O) groups excluding carboxylic acids is 1. The summed E-state index contributed by atoms with van der Waals surface area (Å²) in [5, 5.41) is 2.70. The van der Waals surface area contributed by atoms with Crippen molar-refractivity contribution < 1.29 is 13.2 Å². The quantitative estimate of drug-likeness (QED) is 0.613. The van der Waals surface area contributed by atoms with Crippen molar-refractivity contribution in [2.24, 2.45) is 5.73 Å². The molecule has 0 aromatic carbocycles. The molecule has 1 amide bonds. The Morgan fingerprint density at radius 3 is 2.80 bits per heavy atom. The van der Waals surface area contributed by atoms with E-state index >= 15 is 0 Å². The molecule has 0 aliphatic heterocycles. The predicted octanol–water partition coefficient (Wildman–Crippen LogP) is 0.531. The molecule has 1 heterocycles. The Kier molecular flexibility index (Phi) is 6.20. The van der Waals surface area contributed by atoms with Crippen LogP contribution in [0.4, 0.5) is 0 Å². The second-order valence-electron chi connectivity index (χ2n) is 4.37. The van der Waals surface area contributed by atoms with Crippen LogP contribution in [0.3, 0.4) is 0 Å². The van der Waals surface area contributed by atoms with E-state index in [1.807, 2.05) is 6.92 Å². The number of amides is 1. The summed E-state index contributed by atoms with van der Waals surface area (Å²) in [4.78, 5) is 13.3. The van der Waals surface area contributed by atoms with Gasteiger partial charge in [-0.05, 0) is 25.0 Å². The van der Waals surface area contributed by atoms with Crippen LogP contribution in [-0.4, -0.2) is 39.4 Å². The Hall–Kier alpha value is -1.36. The Morgan fingerprint density at radius 2 is 2.20 bits per heavy atom. The minimum Gasteiger partial charge on any atom is -0.351 e. The van der Waals surface area contributed by atoms with Gasteiger partial charge in [-0.15, -0.1) is 11.3 Å². The van der Waals surface area contributed by atoms with Gasteiger partial charge in [-0.25, -0.2) is 8.42 Å². The van der Waals surface area contributed by atoms with E-state index in [9.17, 15) is 13.2 Å². The standard InChI is InChI=1S/C13H18N2O3S2/c1-10-9-12(19-11(10)5-3-6-14)13(16)15-7-4-8-20(2,17)18/h9H,4,6-8,14H2,1-2H3,(H,15,16). The fraction of sp³-hybridized carbons (Fsp3) is 0.462. The van der Waals surface area contributed by atoms with Crippen molar-refractivity contribution >= 4 is 27.1 Å². The zero-order valence-electron chi connectivity index (χ0n) is 11.5. The van der Waals surface area contributed by atoms with Gasteiger partial charge >= 0.3 is 0 Å². The second kappa shape index (κ2) is 7.43. The lowest BCUT2D eigenvalue weighted by Crippen LogP contribution is -2.25. The Balaban J connectivity index is 2.56. The van der Waals surface area contributed by atoms with Gasteiger partial charge in [0.1, 0.15) is 9.84 Å². The van der Waals surface area contributed by atoms with Crippen molar-refractivity contribution in [3.8, 4) is 11.8 Å². The van der Waals surface area contributed by atoms with Crippen molar-refractivity contribution in [2.75, 3.05) is 25.1 Å². The van der Waals surface area contributed by atoms with E-state index in [0.29, 0.717) is 17.8 Å². The molecule has 0 unspecified atom stereocenters. The lowest BCUT2D eigenvalue weighted by Gasteiger charge is -2.02. The summed E-state index contributed by atoms with van der Waals surface area (Å²) in [5.41, 5.74) is 6.25. The first-order chi connectivity index (χ1) is 9.33. The summed E-state index contributed by atoms with van der Waals surface area (Å²) in [6, 6.07) is 1.77. The van der Waals surface area contributed by atoms with Gasteiger partial charge < -0.3 is 11.1 Å². The van der Waals surface area contributed by atoms with Crippen molar-refractivity contribution in [1.82, 2.24) is 5.32 Å². The Bertz CT molecular complexity index is 636. The number of hydrogen-bond acceptors (Lipinski definition) is 5. The van der Waals surface area contributed by atoms with E-state index < -0.39 is 9.84 Å². The number of carbonyl (C=O) groups is 1. The maximum Gasteiger partial charge on any atom is 0.261 e. The lowest BCUT2D eigenvalue weighted by molar-refractivity contribution is 0.0957. The van der Waals surface area contributed by atoms with Crippen LogP contribution in [0.1, 0.15) is 26.5 Å². The van der Waals surface area contributed by atoms with Crippen LogP contribution in [-0.2, 0) is 9.84 Å². The third-order valence-corrected chi connectivity index (χ3v) is 4.60. The van der Waals surface area contributed by atoms with Crippen molar-refractivity contribution in [2.45, 2.75) is 13.3 Å². The smallest absolute Gasteiger partial charge is 0.261 e. The zero-order chi connectivity index (χ0) is 15.2. The number of sulfone groups is 1. The lowest BCUT2D eigenvalue weighted by atomic mass is 10.2. The largest absolute Gasteiger partial charge is 0.351 e. The van der Waals surface area contributed by atoms with Gasteiger partial charge in [0.25, 0.3) is 5.91 Å². The molecule has 0 atom stereocenters. The van der Waals surface area contributed by atoms with Gasteiger partial charge in [-0.3, -0.25) is 4.79 Å². The first-order valence-corrected chi connectivity index (χ1v) is 8.96. The molecule has 1 aromatic heterocycles. The third kappa shape index (κ3) is 5.74. The molecule has 0 radical (unpaired) electrons. The molecule has 3 N–H and O–H groups in total. The molecule has 1 rings (SSSR count). The van der Waals surface area contributed by atoms with Crippen LogP contribution < -0.4 is 11.1 Å². The summed E-state index contributed by atoms with van der Waals surface area (Å²) in [7, 11) is -2.98. The van der Waals surface area contributed by atoms with Gasteiger partial charge in [0.2, 0.25) is 0 Å². The van der Waals surface area contributed by atoms with Crippen LogP contribution in [0.2, 0.25) is 0 Å². The fourth-order valence-corrected chi connectivity index (χ4v) is 3.11. The summed E-state index contributed by atoms with van der Waals surface area (Å²) in [6.07, 6.45) is 1.59. The van der Waals surface area contributed by atoms with Gasteiger partial charge in [-0.1, -0.05) is 11.8 Å². The SMILES string of the molecule is Cc1cc(C(=O)NCCCS(C)(=O)=O)sc1C#CCN. The molecule has 7 heteroatoms. The maximum absolute atomic E-state index is 11.9. The number of nitrogens with one attached hydrogen (secondary N) is 1. The highest BCUT2D eigenvalue weighted by molar-refractivity contribution is 7.90. The van der Waals surface area contributed by atoms with Crippen LogP contribution in [0.15, 0.2) is 6.07 Å². The highest BCUT2D eigenvalue weighted by Gasteiger charge is 2.11. The number of aryl methyl sites for hydroxylation is 1. The van der Waals surface area contributed by atoms with E-state index in [1.165, 1.54) is 17.6 Å². The molecule has 0 saturated carbocycles. The molecule has 0 saturated heterocycles. The normalized spacial score (nSPS) is 10.8. The molecule has 0 aliphatic carbocycles. The summed E-state index contributed by atoms with van der Waals surface area (Å²) >= 11 is 1.31. The minimum absolute atomic E-state index is 0.0734. The number of thiophene rings is 1. The Morgan fingerprint density at radius 1 is 1.50 bits per heavy atom. The van der Waals surface area contributed by atoms with E-state index in [-0.39, 0.29) is 18.2 Å². The molecular weight excluding hydrogens is 296 g/mol. The van der Waals surface area contributed by atoms with Gasteiger partial charge in [-0.2, -0.15) is 0 Å². The molecule has 0 bridgehead atoms. The molecule has 110 valence electrons. The van der Waals surface area contributed by atoms with Crippen molar-refractivity contribution in [1.29, 1.82) is 0 Å². The van der Waals surface area contributed by atoms with Gasteiger partial charge in [0.15, 0.2) is 0 Å². The van der Waals surface area contributed by atoms with E-state index in [2.05, 4.69) is 17.2 Å². The third-order valence-electron chi connectivity index (χ3n) is 2.42. The average molecular weight is 314 g/mol. The minimum atomic E-state index is -2.98. The average Bonchev–Trinajstić information content (AvgIpc) is 2.72. The van der Waals surface area contributed by atoms with Crippen LogP contribution in [0.25, 0.3) is 0 Å². The summed E-state index contributed by atoms with van der Waals surface area (Å²) < 4.78 is 21.9. The van der Waals surface area contributed by atoms with Gasteiger partial charge in [0.05, 0.1) is 22.1 Å².